The van der Waals surface area contributed by atoms with Crippen LogP contribution in [0.15, 0.2) is 12.7 Å². The van der Waals surface area contributed by atoms with E-state index in [-0.39, 0.29) is 18.1 Å². The molecule has 0 radical (unpaired) electrons. The van der Waals surface area contributed by atoms with Crippen LogP contribution >= 0.6 is 0 Å². The smallest absolute Gasteiger partial charge is 0.407 e. The fraction of sp³-hybridized carbons (Fsp3) is 0.727. The summed E-state index contributed by atoms with van der Waals surface area (Å²) in [6.07, 6.45) is 3.10. The molecule has 84 valence electrons. The molecule has 2 bridgehead atoms. The molecule has 2 fully saturated rings. The fourth-order valence-corrected chi connectivity index (χ4v) is 2.85. The number of piperazine rings is 1. The minimum Gasteiger partial charge on any atom is -0.465 e. The minimum atomic E-state index is -0.773. The molecule has 2 heterocycles. The highest BCUT2D eigenvalue weighted by Crippen LogP contribution is 2.32. The first-order valence-corrected chi connectivity index (χ1v) is 5.52. The summed E-state index contributed by atoms with van der Waals surface area (Å²) in [5, 5.41) is 12.6. The lowest BCUT2D eigenvalue weighted by atomic mass is 9.93. The van der Waals surface area contributed by atoms with E-state index in [0.29, 0.717) is 5.92 Å². The van der Waals surface area contributed by atoms with Gasteiger partial charge in [-0.1, -0.05) is 13.0 Å². The molecule has 2 aliphatic heterocycles. The molecule has 2 saturated heterocycles. The molecule has 2 aliphatic rings. The first kappa shape index (κ1) is 10.5. The van der Waals surface area contributed by atoms with Crippen LogP contribution in [0.1, 0.15) is 19.8 Å². The summed E-state index contributed by atoms with van der Waals surface area (Å²) in [5.41, 5.74) is 0. The van der Waals surface area contributed by atoms with Crippen LogP contribution in [0.3, 0.4) is 0 Å². The second-order valence-corrected chi connectivity index (χ2v) is 4.52. The van der Waals surface area contributed by atoms with Crippen molar-refractivity contribution in [2.24, 2.45) is 5.92 Å². The van der Waals surface area contributed by atoms with Crippen molar-refractivity contribution in [1.29, 1.82) is 0 Å². The molecule has 4 nitrogen and oxygen atoms in total. The molecule has 0 aliphatic carbocycles. The molecule has 4 atom stereocenters. The third kappa shape index (κ3) is 1.63. The van der Waals surface area contributed by atoms with Crippen LogP contribution in [-0.4, -0.2) is 40.8 Å². The maximum atomic E-state index is 11.1. The first-order chi connectivity index (χ1) is 7.15. The third-order valence-electron chi connectivity index (χ3n) is 3.71. The SMILES string of the molecule is C=CC(C)[C@@H]1NC[C@H]2CC[C@@H]1N2C(=O)O. The molecule has 0 spiro atoms. The predicted molar refractivity (Wildman–Crippen MR) is 57.8 cm³/mol. The minimum absolute atomic E-state index is 0.134. The van der Waals surface area contributed by atoms with Gasteiger partial charge in [0.15, 0.2) is 0 Å². The van der Waals surface area contributed by atoms with Crippen LogP contribution in [0.5, 0.6) is 0 Å². The highest BCUT2D eigenvalue weighted by atomic mass is 16.4. The Hall–Kier alpha value is -1.03. The number of nitrogens with one attached hydrogen (secondary N) is 1. The van der Waals surface area contributed by atoms with Crippen molar-refractivity contribution in [3.8, 4) is 0 Å². The second kappa shape index (κ2) is 3.85. The number of amides is 1. The lowest BCUT2D eigenvalue weighted by Gasteiger charge is -2.41. The predicted octanol–water partition coefficient (Wildman–Crippen LogP) is 1.29. The summed E-state index contributed by atoms with van der Waals surface area (Å²) in [7, 11) is 0. The van der Waals surface area contributed by atoms with Crippen molar-refractivity contribution in [3.05, 3.63) is 12.7 Å². The van der Waals surface area contributed by atoms with E-state index < -0.39 is 6.09 Å². The molecule has 2 rings (SSSR count). The number of rotatable bonds is 2. The molecule has 1 unspecified atom stereocenters. The lowest BCUT2D eigenvalue weighted by Crippen LogP contribution is -2.61. The van der Waals surface area contributed by atoms with Gasteiger partial charge < -0.3 is 10.4 Å². The van der Waals surface area contributed by atoms with E-state index in [4.69, 9.17) is 5.11 Å². The Morgan fingerprint density at radius 2 is 2.40 bits per heavy atom. The zero-order valence-corrected chi connectivity index (χ0v) is 9.02. The fourth-order valence-electron chi connectivity index (χ4n) is 2.85. The molecule has 4 heteroatoms. The highest BCUT2D eigenvalue weighted by molar-refractivity contribution is 5.67. The number of carbonyl (C=O) groups is 1. The van der Waals surface area contributed by atoms with Crippen molar-refractivity contribution >= 4 is 6.09 Å². The van der Waals surface area contributed by atoms with Crippen molar-refractivity contribution in [3.63, 3.8) is 0 Å². The number of carboxylic acid groups (broad SMARTS) is 1. The van der Waals surface area contributed by atoms with E-state index in [0.717, 1.165) is 19.4 Å². The number of nitrogens with zero attached hydrogens (tertiary/aromatic N) is 1. The molecular formula is C11H18N2O2. The van der Waals surface area contributed by atoms with Crippen molar-refractivity contribution in [1.82, 2.24) is 10.2 Å². The van der Waals surface area contributed by atoms with Crippen LogP contribution in [0.4, 0.5) is 4.79 Å². The van der Waals surface area contributed by atoms with Gasteiger partial charge in [-0.2, -0.15) is 0 Å². The van der Waals surface area contributed by atoms with Crippen LogP contribution < -0.4 is 5.32 Å². The normalized spacial score (nSPS) is 36.3. The maximum absolute atomic E-state index is 11.1. The average Bonchev–Trinajstić information content (AvgIpc) is 2.52. The Kier molecular flexibility index (Phi) is 2.69. The summed E-state index contributed by atoms with van der Waals surface area (Å²) in [6, 6.07) is 0.548. The Morgan fingerprint density at radius 1 is 1.67 bits per heavy atom. The van der Waals surface area contributed by atoms with E-state index in [9.17, 15) is 4.79 Å². The molecule has 1 amide bonds. The van der Waals surface area contributed by atoms with Crippen molar-refractivity contribution in [2.45, 2.75) is 37.9 Å². The first-order valence-electron chi connectivity index (χ1n) is 5.52. The van der Waals surface area contributed by atoms with E-state index in [2.05, 4.69) is 18.8 Å². The van der Waals surface area contributed by atoms with Crippen LogP contribution in [0, 0.1) is 5.92 Å². The van der Waals surface area contributed by atoms with Crippen molar-refractivity contribution in [2.75, 3.05) is 6.54 Å². The summed E-state index contributed by atoms with van der Waals surface area (Å²) < 4.78 is 0. The molecule has 2 N–H and O–H groups in total. The highest BCUT2D eigenvalue weighted by Gasteiger charge is 2.45. The molecule has 0 aromatic carbocycles. The molecular weight excluding hydrogens is 192 g/mol. The van der Waals surface area contributed by atoms with E-state index in [1.54, 1.807) is 4.90 Å². The van der Waals surface area contributed by atoms with Gasteiger partial charge in [0.25, 0.3) is 0 Å². The number of fused-ring (bicyclic) bond motifs is 2. The van der Waals surface area contributed by atoms with Gasteiger partial charge in [-0.25, -0.2) is 4.79 Å². The standard InChI is InChI=1S/C11H18N2O2/c1-3-7(2)10-9-5-4-8(6-12-10)13(9)11(14)15/h3,7-10,12H,1,4-6H2,2H3,(H,14,15)/t7?,8-,9+,10+/m1/s1. The molecule has 0 aromatic rings. The van der Waals surface area contributed by atoms with Crippen molar-refractivity contribution < 1.29 is 9.90 Å². The summed E-state index contributed by atoms with van der Waals surface area (Å²) in [4.78, 5) is 12.8. The van der Waals surface area contributed by atoms with E-state index >= 15 is 0 Å². The lowest BCUT2D eigenvalue weighted by molar-refractivity contribution is 0.0841. The largest absolute Gasteiger partial charge is 0.465 e. The summed E-state index contributed by atoms with van der Waals surface area (Å²) in [5.74, 6) is 0.316. The van der Waals surface area contributed by atoms with Crippen LogP contribution in [0.25, 0.3) is 0 Å². The second-order valence-electron chi connectivity index (χ2n) is 4.52. The Balaban J connectivity index is 2.17. The van der Waals surface area contributed by atoms with Gasteiger partial charge in [0, 0.05) is 18.6 Å². The number of hydrogen-bond donors (Lipinski definition) is 2. The summed E-state index contributed by atoms with van der Waals surface area (Å²) in [6.45, 7) is 6.65. The van der Waals surface area contributed by atoms with Gasteiger partial charge in [-0.15, -0.1) is 6.58 Å². The zero-order chi connectivity index (χ0) is 11.0. The Labute approximate surface area is 90.0 Å². The Bertz CT molecular complexity index is 280. The summed E-state index contributed by atoms with van der Waals surface area (Å²) >= 11 is 0. The van der Waals surface area contributed by atoms with E-state index in [1.165, 1.54) is 0 Å². The third-order valence-corrected chi connectivity index (χ3v) is 3.71. The van der Waals surface area contributed by atoms with Gasteiger partial charge >= 0.3 is 6.09 Å². The van der Waals surface area contributed by atoms with Gasteiger partial charge in [-0.05, 0) is 18.8 Å². The van der Waals surface area contributed by atoms with Gasteiger partial charge in [-0.3, -0.25) is 4.90 Å². The van der Waals surface area contributed by atoms with Crippen LogP contribution in [-0.2, 0) is 0 Å². The average molecular weight is 210 g/mol. The monoisotopic (exact) mass is 210 g/mol. The van der Waals surface area contributed by atoms with Gasteiger partial charge in [0.05, 0.1) is 6.04 Å². The topological polar surface area (TPSA) is 52.6 Å². The van der Waals surface area contributed by atoms with Gasteiger partial charge in [0.2, 0.25) is 0 Å². The van der Waals surface area contributed by atoms with E-state index in [1.807, 2.05) is 6.08 Å². The Morgan fingerprint density at radius 3 is 3.00 bits per heavy atom. The quantitative estimate of drug-likeness (QED) is 0.675. The van der Waals surface area contributed by atoms with Gasteiger partial charge in [0.1, 0.15) is 0 Å². The number of hydrogen-bond acceptors (Lipinski definition) is 2. The molecule has 0 saturated carbocycles. The van der Waals surface area contributed by atoms with Crippen LogP contribution in [0.2, 0.25) is 0 Å². The molecule has 15 heavy (non-hydrogen) atoms. The molecule has 0 aromatic heterocycles. The zero-order valence-electron chi connectivity index (χ0n) is 9.02. The maximum Gasteiger partial charge on any atom is 0.407 e.